The van der Waals surface area contributed by atoms with Crippen LogP contribution in [-0.2, 0) is 6.42 Å². The molecule has 3 rings (SSSR count). The van der Waals surface area contributed by atoms with Crippen LogP contribution >= 0.6 is 0 Å². The van der Waals surface area contributed by atoms with Crippen LogP contribution < -0.4 is 16.2 Å². The normalized spacial score (nSPS) is 10.5. The molecule has 3 aromatic heterocycles. The highest BCUT2D eigenvalue weighted by Gasteiger charge is 2.04. The van der Waals surface area contributed by atoms with E-state index in [1.807, 2.05) is 37.3 Å². The van der Waals surface area contributed by atoms with Gasteiger partial charge < -0.3 is 10.6 Å². The number of aryl methyl sites for hydroxylation is 1. The van der Waals surface area contributed by atoms with Crippen molar-refractivity contribution in [3.05, 3.63) is 76.1 Å². The molecule has 0 unspecified atom stereocenters. The van der Waals surface area contributed by atoms with Crippen molar-refractivity contribution in [2.75, 3.05) is 23.7 Å². The van der Waals surface area contributed by atoms with E-state index in [0.29, 0.717) is 24.5 Å². The second-order valence-corrected chi connectivity index (χ2v) is 5.99. The van der Waals surface area contributed by atoms with Gasteiger partial charge in [0.1, 0.15) is 5.82 Å². The van der Waals surface area contributed by atoms with Gasteiger partial charge in [0.05, 0.1) is 0 Å². The smallest absolute Gasteiger partial charge is 0.255 e. The summed E-state index contributed by atoms with van der Waals surface area (Å²) in [4.78, 5) is 27.7. The van der Waals surface area contributed by atoms with Crippen molar-refractivity contribution in [1.29, 1.82) is 0 Å². The molecule has 26 heavy (non-hydrogen) atoms. The number of aromatic nitrogens is 4. The van der Waals surface area contributed by atoms with E-state index in [1.54, 1.807) is 18.6 Å². The molecule has 0 aromatic carbocycles. The summed E-state index contributed by atoms with van der Waals surface area (Å²) in [5.74, 6) is 1.34. The summed E-state index contributed by atoms with van der Waals surface area (Å²) in [5.41, 5.74) is 2.44. The average Bonchev–Trinajstić information content (AvgIpc) is 2.66. The Kier molecular flexibility index (Phi) is 5.92. The molecule has 7 heteroatoms. The van der Waals surface area contributed by atoms with Gasteiger partial charge in [-0.3, -0.25) is 14.8 Å². The summed E-state index contributed by atoms with van der Waals surface area (Å²) in [6.45, 7) is 3.42. The van der Waals surface area contributed by atoms with Gasteiger partial charge in [-0.05, 0) is 37.1 Å². The van der Waals surface area contributed by atoms with Crippen molar-refractivity contribution in [1.82, 2.24) is 19.9 Å². The minimum Gasteiger partial charge on any atom is -0.370 e. The third kappa shape index (κ3) is 5.14. The van der Waals surface area contributed by atoms with E-state index in [9.17, 15) is 4.79 Å². The molecule has 7 nitrogen and oxygen atoms in total. The zero-order valence-corrected chi connectivity index (χ0v) is 14.7. The molecule has 0 atom stereocenters. The largest absolute Gasteiger partial charge is 0.370 e. The summed E-state index contributed by atoms with van der Waals surface area (Å²) in [6.07, 6.45) is 6.55. The Morgan fingerprint density at radius 3 is 2.62 bits per heavy atom. The van der Waals surface area contributed by atoms with E-state index in [1.165, 1.54) is 0 Å². The molecule has 3 N–H and O–H groups in total. The fraction of sp³-hybridized carbons (Fsp3) is 0.263. The molecular formula is C19H22N6O. The van der Waals surface area contributed by atoms with Crippen LogP contribution in [0.2, 0.25) is 0 Å². The summed E-state index contributed by atoms with van der Waals surface area (Å²) < 4.78 is 0. The predicted molar refractivity (Wildman–Crippen MR) is 102 cm³/mol. The minimum absolute atomic E-state index is 0.130. The number of aromatic amines is 1. The topological polar surface area (TPSA) is 95.6 Å². The molecule has 0 radical (unpaired) electrons. The third-order valence-electron chi connectivity index (χ3n) is 3.86. The monoisotopic (exact) mass is 350 g/mol. The Bertz CT molecular complexity index is 877. The van der Waals surface area contributed by atoms with Crippen LogP contribution in [0, 0.1) is 6.92 Å². The van der Waals surface area contributed by atoms with Gasteiger partial charge in [0.25, 0.3) is 5.56 Å². The quantitative estimate of drug-likeness (QED) is 0.540. The molecular weight excluding hydrogens is 328 g/mol. The summed E-state index contributed by atoms with van der Waals surface area (Å²) in [5, 5.41) is 6.36. The Balaban J connectivity index is 1.46. The first-order chi connectivity index (χ1) is 12.7. The minimum atomic E-state index is -0.130. The van der Waals surface area contributed by atoms with Crippen LogP contribution in [-0.4, -0.2) is 33.0 Å². The lowest BCUT2D eigenvalue weighted by Gasteiger charge is -2.08. The van der Waals surface area contributed by atoms with Crippen LogP contribution in [0.3, 0.4) is 0 Å². The van der Waals surface area contributed by atoms with Gasteiger partial charge in [-0.1, -0.05) is 12.1 Å². The van der Waals surface area contributed by atoms with Crippen molar-refractivity contribution in [2.24, 2.45) is 0 Å². The molecule has 0 aliphatic carbocycles. The van der Waals surface area contributed by atoms with Gasteiger partial charge in [0.15, 0.2) is 0 Å². The number of pyridine rings is 2. The lowest BCUT2D eigenvalue weighted by Crippen LogP contribution is -2.18. The van der Waals surface area contributed by atoms with Gasteiger partial charge in [-0.25, -0.2) is 9.97 Å². The maximum Gasteiger partial charge on any atom is 0.255 e. The lowest BCUT2D eigenvalue weighted by molar-refractivity contribution is 0.884. The summed E-state index contributed by atoms with van der Waals surface area (Å²) in [7, 11) is 0. The van der Waals surface area contributed by atoms with E-state index >= 15 is 0 Å². The zero-order chi connectivity index (χ0) is 18.2. The first-order valence-corrected chi connectivity index (χ1v) is 8.59. The van der Waals surface area contributed by atoms with Gasteiger partial charge in [0.2, 0.25) is 5.95 Å². The molecule has 0 bridgehead atoms. The molecule has 0 saturated heterocycles. The van der Waals surface area contributed by atoms with Gasteiger partial charge >= 0.3 is 0 Å². The van der Waals surface area contributed by atoms with Crippen molar-refractivity contribution >= 4 is 11.8 Å². The van der Waals surface area contributed by atoms with E-state index < -0.39 is 0 Å². The molecule has 0 aliphatic heterocycles. The molecule has 0 spiro atoms. The molecule has 0 saturated carbocycles. The number of H-pyrrole nitrogens is 1. The number of hydrogen-bond acceptors (Lipinski definition) is 6. The number of nitrogens with zero attached hydrogens (tertiary/aromatic N) is 3. The van der Waals surface area contributed by atoms with Gasteiger partial charge in [-0.15, -0.1) is 0 Å². The maximum atomic E-state index is 12.2. The molecule has 134 valence electrons. The van der Waals surface area contributed by atoms with E-state index in [4.69, 9.17) is 0 Å². The fourth-order valence-corrected chi connectivity index (χ4v) is 2.44. The van der Waals surface area contributed by atoms with E-state index in [2.05, 4.69) is 30.6 Å². The second kappa shape index (κ2) is 8.75. The first-order valence-electron chi connectivity index (χ1n) is 8.59. The standard InChI is InChI=1S/C19H22N6O/c1-14-6-7-15(12-23-14)11-16-13-24-19(25-18(16)26)22-10-4-9-21-17-5-2-3-8-20-17/h2-3,5-8,12-13H,4,9-11H2,1H3,(H,20,21)(H2,22,24,25,26). The van der Waals surface area contributed by atoms with Gasteiger partial charge in [-0.2, -0.15) is 0 Å². The molecule has 0 aliphatic rings. The Labute approximate surface area is 152 Å². The molecule has 3 aromatic rings. The van der Waals surface area contributed by atoms with Crippen LogP contribution in [0.1, 0.15) is 23.2 Å². The van der Waals surface area contributed by atoms with Crippen LogP contribution in [0.4, 0.5) is 11.8 Å². The Morgan fingerprint density at radius 2 is 1.88 bits per heavy atom. The highest BCUT2D eigenvalue weighted by molar-refractivity contribution is 5.33. The maximum absolute atomic E-state index is 12.2. The van der Waals surface area contributed by atoms with Crippen molar-refractivity contribution in [2.45, 2.75) is 19.8 Å². The third-order valence-corrected chi connectivity index (χ3v) is 3.86. The Hall–Kier alpha value is -3.22. The highest BCUT2D eigenvalue weighted by Crippen LogP contribution is 2.06. The molecule has 0 amide bonds. The Morgan fingerprint density at radius 1 is 1.00 bits per heavy atom. The summed E-state index contributed by atoms with van der Waals surface area (Å²) in [6, 6.07) is 9.66. The van der Waals surface area contributed by atoms with E-state index in [0.717, 1.165) is 30.0 Å². The number of anilines is 2. The average molecular weight is 350 g/mol. The van der Waals surface area contributed by atoms with E-state index in [-0.39, 0.29) is 5.56 Å². The highest BCUT2D eigenvalue weighted by atomic mass is 16.1. The first kappa shape index (κ1) is 17.6. The van der Waals surface area contributed by atoms with Crippen molar-refractivity contribution < 1.29 is 0 Å². The van der Waals surface area contributed by atoms with Crippen molar-refractivity contribution in [3.63, 3.8) is 0 Å². The van der Waals surface area contributed by atoms with Gasteiger partial charge in [0, 0.05) is 49.4 Å². The molecule has 3 heterocycles. The zero-order valence-electron chi connectivity index (χ0n) is 14.7. The number of rotatable bonds is 8. The number of nitrogens with one attached hydrogen (secondary N) is 3. The van der Waals surface area contributed by atoms with Crippen LogP contribution in [0.25, 0.3) is 0 Å². The van der Waals surface area contributed by atoms with Crippen molar-refractivity contribution in [3.8, 4) is 0 Å². The predicted octanol–water partition coefficient (Wildman–Crippen LogP) is 2.37. The second-order valence-electron chi connectivity index (χ2n) is 5.99. The molecule has 0 fully saturated rings. The fourth-order valence-electron chi connectivity index (χ4n) is 2.44. The number of hydrogen-bond donors (Lipinski definition) is 3. The SMILES string of the molecule is Cc1ccc(Cc2cnc(NCCCNc3ccccn3)[nH]c2=O)cn1. The lowest BCUT2D eigenvalue weighted by atomic mass is 10.1. The van der Waals surface area contributed by atoms with Crippen LogP contribution in [0.5, 0.6) is 0 Å². The summed E-state index contributed by atoms with van der Waals surface area (Å²) >= 11 is 0. The van der Waals surface area contributed by atoms with Crippen LogP contribution in [0.15, 0.2) is 53.7 Å².